The van der Waals surface area contributed by atoms with Crippen LogP contribution in [0, 0.1) is 17.1 Å². The van der Waals surface area contributed by atoms with Gasteiger partial charge in [0, 0.05) is 17.8 Å². The van der Waals surface area contributed by atoms with Crippen molar-refractivity contribution in [3.8, 4) is 11.8 Å². The van der Waals surface area contributed by atoms with E-state index in [1.807, 2.05) is 0 Å². The minimum absolute atomic E-state index is 0.0395. The van der Waals surface area contributed by atoms with Crippen LogP contribution >= 0.6 is 27.5 Å². The molecule has 0 bridgehead atoms. The summed E-state index contributed by atoms with van der Waals surface area (Å²) in [5.41, 5.74) is 1.13. The minimum atomic E-state index is -3.60. The topological polar surface area (TPSA) is 122 Å². The van der Waals surface area contributed by atoms with Gasteiger partial charge in [-0.25, -0.2) is 12.8 Å². The van der Waals surface area contributed by atoms with Crippen LogP contribution in [-0.2, 0) is 21.2 Å². The van der Waals surface area contributed by atoms with Crippen LogP contribution in [0.2, 0.25) is 0 Å². The number of carbonyl (C=O) groups excluding carboxylic acids is 1. The van der Waals surface area contributed by atoms with Gasteiger partial charge in [0.2, 0.25) is 15.0 Å². The average molecular weight is 537 g/mol. The van der Waals surface area contributed by atoms with Crippen LogP contribution in [0.25, 0.3) is 6.08 Å². The van der Waals surface area contributed by atoms with Crippen LogP contribution in [0.5, 0.6) is 5.75 Å². The second-order valence-electron chi connectivity index (χ2n) is 6.38. The summed E-state index contributed by atoms with van der Waals surface area (Å²) in [5.74, 6) is -0.557. The highest BCUT2D eigenvalue weighted by atomic mass is 79.9. The molecule has 0 unspecified atom stereocenters. The predicted molar refractivity (Wildman–Crippen MR) is 120 cm³/mol. The van der Waals surface area contributed by atoms with Crippen molar-refractivity contribution in [2.75, 3.05) is 11.6 Å². The molecule has 1 N–H and O–H groups in total. The minimum Gasteiger partial charge on any atom is -0.488 e. The molecular formula is C20H14BrFN4O4S2. The Hall–Kier alpha value is -3.14. The number of anilines is 1. The fourth-order valence-electron chi connectivity index (χ4n) is 2.36. The van der Waals surface area contributed by atoms with Crippen molar-refractivity contribution in [2.45, 2.75) is 11.8 Å². The second kappa shape index (κ2) is 9.99. The Bertz CT molecular complexity index is 1330. The van der Waals surface area contributed by atoms with Crippen molar-refractivity contribution in [1.82, 2.24) is 9.36 Å². The molecule has 164 valence electrons. The van der Waals surface area contributed by atoms with Crippen molar-refractivity contribution in [2.24, 2.45) is 0 Å². The lowest BCUT2D eigenvalue weighted by Crippen LogP contribution is -2.13. The van der Waals surface area contributed by atoms with Gasteiger partial charge in [-0.15, -0.1) is 0 Å². The van der Waals surface area contributed by atoms with Gasteiger partial charge in [-0.05, 0) is 57.4 Å². The van der Waals surface area contributed by atoms with Crippen LogP contribution in [0.3, 0.4) is 0 Å². The number of nitrogens with one attached hydrogen (secondary N) is 1. The van der Waals surface area contributed by atoms with Crippen LogP contribution in [0.1, 0.15) is 11.1 Å². The Labute approximate surface area is 195 Å². The fraction of sp³-hybridized carbons (Fsp3) is 0.100. The Kier molecular flexibility index (Phi) is 7.34. The molecule has 2 aromatic carbocycles. The molecule has 0 aliphatic heterocycles. The van der Waals surface area contributed by atoms with Crippen molar-refractivity contribution < 1.29 is 22.3 Å². The Balaban J connectivity index is 1.70. The van der Waals surface area contributed by atoms with Crippen LogP contribution in [0.4, 0.5) is 9.52 Å². The Morgan fingerprint density at radius 1 is 1.31 bits per heavy atom. The summed E-state index contributed by atoms with van der Waals surface area (Å²) in [6.45, 7) is 0.233. The van der Waals surface area contributed by atoms with E-state index in [1.54, 1.807) is 36.4 Å². The summed E-state index contributed by atoms with van der Waals surface area (Å²) in [6.07, 6.45) is 2.31. The number of amides is 1. The highest BCUT2D eigenvalue weighted by molar-refractivity contribution is 9.10. The van der Waals surface area contributed by atoms with Gasteiger partial charge in [-0.1, -0.05) is 18.2 Å². The van der Waals surface area contributed by atoms with E-state index in [0.717, 1.165) is 11.8 Å². The molecule has 0 spiro atoms. The molecule has 1 amide bonds. The molecule has 3 rings (SSSR count). The van der Waals surface area contributed by atoms with E-state index >= 15 is 0 Å². The van der Waals surface area contributed by atoms with E-state index in [4.69, 9.17) is 4.74 Å². The molecule has 8 nitrogen and oxygen atoms in total. The van der Waals surface area contributed by atoms with E-state index in [0.29, 0.717) is 27.3 Å². The van der Waals surface area contributed by atoms with Crippen molar-refractivity contribution >= 4 is 54.4 Å². The third-order valence-corrected chi connectivity index (χ3v) is 6.11. The van der Waals surface area contributed by atoms with Gasteiger partial charge in [0.25, 0.3) is 11.1 Å². The van der Waals surface area contributed by atoms with E-state index in [-0.39, 0.29) is 23.1 Å². The molecule has 0 saturated heterocycles. The third kappa shape index (κ3) is 6.19. The van der Waals surface area contributed by atoms with Crippen molar-refractivity contribution in [3.05, 3.63) is 69.5 Å². The maximum atomic E-state index is 13.0. The number of nitriles is 1. The van der Waals surface area contributed by atoms with Crippen LogP contribution < -0.4 is 10.1 Å². The zero-order valence-corrected chi connectivity index (χ0v) is 19.6. The first-order valence-corrected chi connectivity index (χ1v) is 12.2. The summed E-state index contributed by atoms with van der Waals surface area (Å²) < 4.78 is 45.8. The molecule has 0 radical (unpaired) electrons. The summed E-state index contributed by atoms with van der Waals surface area (Å²) >= 11 is 4.08. The molecule has 0 aliphatic carbocycles. The number of sulfone groups is 1. The molecule has 0 fully saturated rings. The molecule has 0 aliphatic rings. The third-order valence-electron chi connectivity index (χ3n) is 3.90. The maximum Gasteiger partial charge on any atom is 0.268 e. The quantitative estimate of drug-likeness (QED) is 0.358. The fourth-order valence-corrected chi connectivity index (χ4v) is 4.31. The largest absolute Gasteiger partial charge is 0.488 e. The van der Waals surface area contributed by atoms with Gasteiger partial charge in [-0.3, -0.25) is 10.1 Å². The van der Waals surface area contributed by atoms with Gasteiger partial charge in [0.05, 0.1) is 4.47 Å². The lowest BCUT2D eigenvalue weighted by atomic mass is 10.1. The second-order valence-corrected chi connectivity index (χ2v) is 9.90. The number of aromatic nitrogens is 2. The lowest BCUT2D eigenvalue weighted by molar-refractivity contribution is -0.112. The molecule has 1 aromatic heterocycles. The number of hydrogen-bond donors (Lipinski definition) is 1. The van der Waals surface area contributed by atoms with E-state index in [2.05, 4.69) is 30.6 Å². The van der Waals surface area contributed by atoms with Crippen molar-refractivity contribution in [3.63, 3.8) is 0 Å². The number of benzene rings is 2. The van der Waals surface area contributed by atoms with Gasteiger partial charge >= 0.3 is 0 Å². The first-order chi connectivity index (χ1) is 15.2. The monoisotopic (exact) mass is 536 g/mol. The molecule has 0 saturated carbocycles. The van der Waals surface area contributed by atoms with Gasteiger partial charge in [-0.2, -0.15) is 14.6 Å². The maximum absolute atomic E-state index is 13.0. The van der Waals surface area contributed by atoms with Gasteiger partial charge in [0.1, 0.15) is 29.8 Å². The van der Waals surface area contributed by atoms with Crippen molar-refractivity contribution in [1.29, 1.82) is 5.26 Å². The molecule has 12 heteroatoms. The van der Waals surface area contributed by atoms with Gasteiger partial charge < -0.3 is 4.74 Å². The Morgan fingerprint density at radius 3 is 2.62 bits per heavy atom. The van der Waals surface area contributed by atoms with Crippen LogP contribution in [0.15, 0.2) is 57.7 Å². The molecule has 1 heterocycles. The normalized spacial score (nSPS) is 11.6. The standard InChI is InChI=1S/C20H14BrFN4O4S2/c1-32(28,29)20-25-19(31-26-20)24-18(27)14(10-23)8-13-4-7-17(16(21)9-13)30-11-12-2-5-15(22)6-3-12/h2-9H,11H2,1H3,(H,24,25,26,27). The molecule has 3 aromatic rings. The zero-order chi connectivity index (χ0) is 23.3. The number of nitrogens with zero attached hydrogens (tertiary/aromatic N) is 3. The number of carbonyl (C=O) groups is 1. The highest BCUT2D eigenvalue weighted by Crippen LogP contribution is 2.28. The van der Waals surface area contributed by atoms with E-state index in [1.165, 1.54) is 18.2 Å². The summed E-state index contributed by atoms with van der Waals surface area (Å²) in [7, 11) is -3.60. The lowest BCUT2D eigenvalue weighted by Gasteiger charge is -2.09. The van der Waals surface area contributed by atoms with E-state index < -0.39 is 20.9 Å². The highest BCUT2D eigenvalue weighted by Gasteiger charge is 2.17. The predicted octanol–water partition coefficient (Wildman–Crippen LogP) is 3.97. The number of rotatable bonds is 7. The number of ether oxygens (including phenoxy) is 1. The first kappa shape index (κ1) is 23.5. The van der Waals surface area contributed by atoms with Crippen LogP contribution in [-0.4, -0.2) is 29.9 Å². The number of hydrogen-bond acceptors (Lipinski definition) is 8. The molecule has 0 atom stereocenters. The molecule has 32 heavy (non-hydrogen) atoms. The summed E-state index contributed by atoms with van der Waals surface area (Å²) in [5, 5.41) is 11.3. The summed E-state index contributed by atoms with van der Waals surface area (Å²) in [4.78, 5) is 16.1. The van der Waals surface area contributed by atoms with E-state index in [9.17, 15) is 22.9 Å². The zero-order valence-electron chi connectivity index (χ0n) is 16.4. The molecular weight excluding hydrogens is 523 g/mol. The average Bonchev–Trinajstić information content (AvgIpc) is 3.21. The summed E-state index contributed by atoms with van der Waals surface area (Å²) in [6, 6.07) is 12.7. The van der Waals surface area contributed by atoms with Gasteiger partial charge in [0.15, 0.2) is 0 Å². The number of halogens is 2. The smallest absolute Gasteiger partial charge is 0.268 e. The Morgan fingerprint density at radius 2 is 2.03 bits per heavy atom. The SMILES string of the molecule is CS(=O)(=O)c1nsc(NC(=O)C(C#N)=Cc2ccc(OCc3ccc(F)cc3)c(Br)c2)n1. The first-order valence-electron chi connectivity index (χ1n) is 8.79.